The van der Waals surface area contributed by atoms with Gasteiger partial charge < -0.3 is 25.8 Å². The molecule has 0 bridgehead atoms. The number of methoxy groups -OCH3 is 1. The van der Waals surface area contributed by atoms with Crippen LogP contribution >= 0.6 is 11.6 Å². The summed E-state index contributed by atoms with van der Waals surface area (Å²) in [6.45, 7) is 2.79. The van der Waals surface area contributed by atoms with Crippen LogP contribution in [0.15, 0.2) is 36.4 Å². The Hall–Kier alpha value is -4.12. The van der Waals surface area contributed by atoms with Crippen LogP contribution in [-0.4, -0.2) is 66.0 Å². The van der Waals surface area contributed by atoms with Gasteiger partial charge in [0.25, 0.3) is 0 Å². The number of urea groups is 1. The second-order valence-electron chi connectivity index (χ2n) is 8.82. The first-order valence-corrected chi connectivity index (χ1v) is 12.3. The summed E-state index contributed by atoms with van der Waals surface area (Å²) >= 11 is 6.10. The number of nitrogens with zero attached hydrogens (tertiary/aromatic N) is 1. The Morgan fingerprint density at radius 2 is 1.95 bits per heavy atom. The molecule has 0 unspecified atom stereocenters. The summed E-state index contributed by atoms with van der Waals surface area (Å²) in [5.41, 5.74) is 1.44. The van der Waals surface area contributed by atoms with E-state index in [2.05, 4.69) is 16.0 Å². The second-order valence-corrected chi connectivity index (χ2v) is 9.26. The van der Waals surface area contributed by atoms with Crippen molar-refractivity contribution >= 4 is 47.0 Å². The fourth-order valence-corrected chi connectivity index (χ4v) is 4.26. The van der Waals surface area contributed by atoms with Crippen LogP contribution in [0.3, 0.4) is 0 Å². The number of benzene rings is 2. The number of aromatic carboxylic acids is 1. The van der Waals surface area contributed by atoms with Crippen molar-refractivity contribution in [3.63, 3.8) is 0 Å². The molecule has 0 spiro atoms. The van der Waals surface area contributed by atoms with Crippen molar-refractivity contribution in [2.45, 2.75) is 32.7 Å². The number of carboxylic acid groups (broad SMARTS) is 1. The van der Waals surface area contributed by atoms with Crippen molar-refractivity contribution in [3.8, 4) is 5.75 Å². The lowest BCUT2D eigenvalue weighted by Gasteiger charge is -2.25. The molecule has 2 atom stereocenters. The maximum Gasteiger partial charge on any atom is 0.336 e. The number of halogens is 1. The Morgan fingerprint density at radius 1 is 1.21 bits per heavy atom. The molecule has 38 heavy (non-hydrogen) atoms. The van der Waals surface area contributed by atoms with Gasteiger partial charge in [0.05, 0.1) is 18.6 Å². The SMILES string of the molecule is CC[C@@H](NC(=O)N1CC(=O)NC[C@@H](Cc2cc(Cl)ccc2OC)C1=O)C(=O)Nc1ccc(C)c(C(=O)O)c1. The van der Waals surface area contributed by atoms with Crippen LogP contribution in [0.2, 0.25) is 5.02 Å². The average molecular weight is 545 g/mol. The van der Waals surface area contributed by atoms with Gasteiger partial charge in [-0.2, -0.15) is 0 Å². The highest BCUT2D eigenvalue weighted by atomic mass is 35.5. The largest absolute Gasteiger partial charge is 0.496 e. The lowest BCUT2D eigenvalue weighted by Crippen LogP contribution is -2.53. The van der Waals surface area contributed by atoms with E-state index in [1.807, 2.05) is 0 Å². The molecule has 2 aromatic carbocycles. The van der Waals surface area contributed by atoms with Gasteiger partial charge >= 0.3 is 12.0 Å². The number of hydrogen-bond donors (Lipinski definition) is 4. The molecule has 1 aliphatic rings. The smallest absolute Gasteiger partial charge is 0.336 e. The van der Waals surface area contributed by atoms with E-state index in [0.717, 1.165) is 4.90 Å². The van der Waals surface area contributed by atoms with E-state index >= 15 is 0 Å². The molecule has 1 heterocycles. The molecule has 3 rings (SSSR count). The minimum Gasteiger partial charge on any atom is -0.496 e. The predicted molar refractivity (Wildman–Crippen MR) is 139 cm³/mol. The van der Waals surface area contributed by atoms with Gasteiger partial charge in [-0.25, -0.2) is 9.59 Å². The molecule has 5 amide bonds. The molecule has 2 aromatic rings. The molecular weight excluding hydrogens is 516 g/mol. The van der Waals surface area contributed by atoms with E-state index in [0.29, 0.717) is 21.9 Å². The van der Waals surface area contributed by atoms with E-state index in [1.165, 1.54) is 13.2 Å². The zero-order valence-corrected chi connectivity index (χ0v) is 21.9. The van der Waals surface area contributed by atoms with Crippen molar-refractivity contribution in [1.82, 2.24) is 15.5 Å². The lowest BCUT2D eigenvalue weighted by molar-refractivity contribution is -0.133. The first-order valence-electron chi connectivity index (χ1n) is 11.9. The van der Waals surface area contributed by atoms with Crippen LogP contribution < -0.4 is 20.7 Å². The Labute approximate surface area is 224 Å². The Bertz CT molecular complexity index is 1270. The van der Waals surface area contributed by atoms with Gasteiger partial charge in [0.1, 0.15) is 18.3 Å². The van der Waals surface area contributed by atoms with Gasteiger partial charge in [0.2, 0.25) is 17.7 Å². The molecule has 202 valence electrons. The van der Waals surface area contributed by atoms with Crippen molar-refractivity contribution in [2.75, 3.05) is 25.5 Å². The van der Waals surface area contributed by atoms with E-state index in [4.69, 9.17) is 16.3 Å². The van der Waals surface area contributed by atoms with Crippen molar-refractivity contribution in [3.05, 3.63) is 58.1 Å². The number of anilines is 1. The molecule has 0 aliphatic carbocycles. The molecule has 1 saturated heterocycles. The zero-order chi connectivity index (χ0) is 28.0. The van der Waals surface area contributed by atoms with Gasteiger partial charge in [0.15, 0.2) is 0 Å². The second kappa shape index (κ2) is 12.4. The third-order valence-corrected chi connectivity index (χ3v) is 6.41. The monoisotopic (exact) mass is 544 g/mol. The molecule has 1 aliphatic heterocycles. The summed E-state index contributed by atoms with van der Waals surface area (Å²) in [5.74, 6) is -3.13. The van der Waals surface area contributed by atoms with Crippen molar-refractivity contribution in [2.24, 2.45) is 5.92 Å². The third kappa shape index (κ3) is 6.80. The summed E-state index contributed by atoms with van der Waals surface area (Å²) in [7, 11) is 1.48. The molecule has 0 radical (unpaired) electrons. The van der Waals surface area contributed by atoms with Crippen LogP contribution in [0.1, 0.15) is 34.8 Å². The number of carbonyl (C=O) groups excluding carboxylic acids is 4. The molecule has 1 fully saturated rings. The average Bonchev–Trinajstić information content (AvgIpc) is 3.01. The fraction of sp³-hybridized carbons (Fsp3) is 0.346. The molecule has 11 nitrogen and oxygen atoms in total. The van der Waals surface area contributed by atoms with Gasteiger partial charge in [-0.1, -0.05) is 24.6 Å². The van der Waals surface area contributed by atoms with E-state index in [-0.39, 0.29) is 30.6 Å². The molecule has 4 N–H and O–H groups in total. The number of carboxylic acids is 1. The van der Waals surface area contributed by atoms with Crippen molar-refractivity contribution < 1.29 is 33.8 Å². The Kier molecular flexibility index (Phi) is 9.30. The number of rotatable bonds is 8. The Morgan fingerprint density at radius 3 is 2.61 bits per heavy atom. The van der Waals surface area contributed by atoms with Crippen LogP contribution in [-0.2, 0) is 20.8 Å². The van der Waals surface area contributed by atoms with Gasteiger partial charge in [-0.15, -0.1) is 0 Å². The summed E-state index contributed by atoms with van der Waals surface area (Å²) in [6, 6.07) is 7.45. The summed E-state index contributed by atoms with van der Waals surface area (Å²) < 4.78 is 5.35. The topological polar surface area (TPSA) is 154 Å². The molecule has 12 heteroatoms. The maximum absolute atomic E-state index is 13.3. The standard InChI is InChI=1S/C26H29ClN4O7/c1-4-20(23(33)29-18-7-5-14(2)19(11-18)25(35)36)30-26(37)31-13-22(32)28-12-16(24(31)34)9-15-10-17(27)6-8-21(15)38-3/h5-8,10-11,16,20H,4,9,12-13H2,1-3H3,(H,28,32)(H,29,33)(H,30,37)(H,35,36)/t16-,20-/m1/s1. The number of nitrogens with one attached hydrogen (secondary N) is 3. The molecule has 0 saturated carbocycles. The Balaban J connectivity index is 1.75. The summed E-state index contributed by atoms with van der Waals surface area (Å²) in [6.07, 6.45) is 0.330. The highest BCUT2D eigenvalue weighted by Gasteiger charge is 2.35. The number of imide groups is 1. The number of hydrogen-bond acceptors (Lipinski definition) is 6. The minimum absolute atomic E-state index is 0.00808. The lowest BCUT2D eigenvalue weighted by atomic mass is 9.97. The zero-order valence-electron chi connectivity index (χ0n) is 21.2. The maximum atomic E-state index is 13.3. The van der Waals surface area contributed by atoms with E-state index in [9.17, 15) is 29.1 Å². The van der Waals surface area contributed by atoms with Gasteiger partial charge in [-0.05, 0) is 61.2 Å². The number of aryl methyl sites for hydroxylation is 1. The van der Waals surface area contributed by atoms with Crippen LogP contribution in [0.25, 0.3) is 0 Å². The van der Waals surface area contributed by atoms with Crippen LogP contribution in [0.5, 0.6) is 5.75 Å². The molecular formula is C26H29ClN4O7. The third-order valence-electron chi connectivity index (χ3n) is 6.17. The van der Waals surface area contributed by atoms with Gasteiger partial charge in [-0.3, -0.25) is 19.3 Å². The quantitative estimate of drug-likeness (QED) is 0.398. The highest BCUT2D eigenvalue weighted by molar-refractivity contribution is 6.30. The fourth-order valence-electron chi connectivity index (χ4n) is 4.07. The minimum atomic E-state index is -1.14. The first kappa shape index (κ1) is 28.5. The van der Waals surface area contributed by atoms with Crippen LogP contribution in [0, 0.1) is 12.8 Å². The predicted octanol–water partition coefficient (Wildman–Crippen LogP) is 2.60. The number of amides is 5. The van der Waals surface area contributed by atoms with E-state index in [1.54, 1.807) is 44.2 Å². The normalized spacial score (nSPS) is 16.2. The van der Waals surface area contributed by atoms with Crippen LogP contribution in [0.4, 0.5) is 10.5 Å². The molecule has 0 aromatic heterocycles. The van der Waals surface area contributed by atoms with Crippen molar-refractivity contribution in [1.29, 1.82) is 0 Å². The summed E-state index contributed by atoms with van der Waals surface area (Å²) in [5, 5.41) is 17.5. The van der Waals surface area contributed by atoms with Gasteiger partial charge in [0, 0.05) is 17.3 Å². The summed E-state index contributed by atoms with van der Waals surface area (Å²) in [4.78, 5) is 63.8. The highest BCUT2D eigenvalue weighted by Crippen LogP contribution is 2.26. The first-order chi connectivity index (χ1) is 18.0. The number of ether oxygens (including phenoxy) is 1. The van der Waals surface area contributed by atoms with E-state index < -0.39 is 48.2 Å². The number of carbonyl (C=O) groups is 5.